The van der Waals surface area contributed by atoms with Crippen LogP contribution in [0.15, 0.2) is 28.9 Å². The van der Waals surface area contributed by atoms with E-state index in [0.29, 0.717) is 12.3 Å². The lowest BCUT2D eigenvalue weighted by atomic mass is 10.4. The average Bonchev–Trinajstić information content (AvgIpc) is 2.97. The van der Waals surface area contributed by atoms with Crippen molar-refractivity contribution in [2.24, 2.45) is 0 Å². The van der Waals surface area contributed by atoms with E-state index in [0.717, 1.165) is 0 Å². The number of rotatable bonds is 4. The number of carbonyl (C=O) groups excluding carboxylic acids is 1. The molecule has 2 heterocycles. The van der Waals surface area contributed by atoms with Crippen molar-refractivity contribution in [1.29, 1.82) is 0 Å². The van der Waals surface area contributed by atoms with Crippen molar-refractivity contribution in [3.63, 3.8) is 0 Å². The first-order valence-electron chi connectivity index (χ1n) is 5.08. The van der Waals surface area contributed by atoms with E-state index in [4.69, 9.17) is 4.42 Å². The second kappa shape index (κ2) is 5.06. The highest BCUT2D eigenvalue weighted by Crippen LogP contribution is 2.02. The minimum Gasteiger partial charge on any atom is -0.465 e. The normalized spacial score (nSPS) is 10.9. The van der Waals surface area contributed by atoms with Gasteiger partial charge in [0.15, 0.2) is 0 Å². The molecule has 0 fully saturated rings. The van der Waals surface area contributed by atoms with Crippen molar-refractivity contribution in [2.75, 3.05) is 5.32 Å². The summed E-state index contributed by atoms with van der Waals surface area (Å²) in [6.07, 6.45) is 4.43. The van der Waals surface area contributed by atoms with Crippen molar-refractivity contribution in [2.45, 2.75) is 13.5 Å². The predicted octanol–water partition coefficient (Wildman–Crippen LogP) is 0.938. The molecule has 2 aromatic heterocycles. The van der Waals surface area contributed by atoms with Crippen LogP contribution in [0.1, 0.15) is 12.7 Å². The second-order valence-corrected chi connectivity index (χ2v) is 3.14. The standard InChI is InChI=1S/C10H11N5O2/c1-2-15-13-10(12-14-15)11-9(16)6-5-8-4-3-7-17-8/h3-7H,2H2,1H3,(H,11,13,16). The van der Waals surface area contributed by atoms with Gasteiger partial charge in [-0.1, -0.05) is 5.10 Å². The van der Waals surface area contributed by atoms with Gasteiger partial charge in [-0.15, -0.1) is 5.10 Å². The van der Waals surface area contributed by atoms with E-state index in [9.17, 15) is 4.79 Å². The first kappa shape index (κ1) is 11.1. The van der Waals surface area contributed by atoms with Gasteiger partial charge >= 0.3 is 0 Å². The molecule has 0 aromatic carbocycles. The molecule has 0 atom stereocenters. The highest BCUT2D eigenvalue weighted by Gasteiger charge is 2.03. The summed E-state index contributed by atoms with van der Waals surface area (Å²) in [4.78, 5) is 12.8. The van der Waals surface area contributed by atoms with Crippen LogP contribution in [0.25, 0.3) is 6.08 Å². The molecule has 7 nitrogen and oxygen atoms in total. The number of amides is 1. The van der Waals surface area contributed by atoms with Gasteiger partial charge in [-0.2, -0.15) is 4.80 Å². The maximum absolute atomic E-state index is 11.4. The second-order valence-electron chi connectivity index (χ2n) is 3.14. The van der Waals surface area contributed by atoms with Crippen molar-refractivity contribution in [1.82, 2.24) is 20.2 Å². The highest BCUT2D eigenvalue weighted by atomic mass is 16.3. The van der Waals surface area contributed by atoms with Gasteiger partial charge in [0.25, 0.3) is 11.9 Å². The average molecular weight is 233 g/mol. The highest BCUT2D eigenvalue weighted by molar-refractivity contribution is 6.00. The van der Waals surface area contributed by atoms with Crippen LogP contribution < -0.4 is 5.32 Å². The molecule has 7 heteroatoms. The number of hydrogen-bond acceptors (Lipinski definition) is 5. The Morgan fingerprint density at radius 3 is 3.18 bits per heavy atom. The largest absolute Gasteiger partial charge is 0.465 e. The Bertz CT molecular complexity index is 515. The van der Waals surface area contributed by atoms with Crippen molar-refractivity contribution < 1.29 is 9.21 Å². The smallest absolute Gasteiger partial charge is 0.270 e. The molecule has 2 aromatic rings. The molecular formula is C10H11N5O2. The summed E-state index contributed by atoms with van der Waals surface area (Å²) in [5.41, 5.74) is 0. The Hall–Kier alpha value is -2.44. The summed E-state index contributed by atoms with van der Waals surface area (Å²) in [5, 5.41) is 13.8. The minimum absolute atomic E-state index is 0.181. The van der Waals surface area contributed by atoms with Gasteiger partial charge in [0.2, 0.25) is 0 Å². The Morgan fingerprint density at radius 2 is 2.53 bits per heavy atom. The third kappa shape index (κ3) is 3.00. The quantitative estimate of drug-likeness (QED) is 0.794. The molecule has 1 N–H and O–H groups in total. The Morgan fingerprint density at radius 1 is 1.65 bits per heavy atom. The zero-order chi connectivity index (χ0) is 12.1. The summed E-state index contributed by atoms with van der Waals surface area (Å²) in [6, 6.07) is 3.49. The molecule has 0 unspecified atom stereocenters. The number of nitrogens with zero attached hydrogens (tertiary/aromatic N) is 4. The maximum atomic E-state index is 11.4. The summed E-state index contributed by atoms with van der Waals surface area (Å²) in [5.74, 6) is 0.448. The molecule has 0 aliphatic rings. The summed E-state index contributed by atoms with van der Waals surface area (Å²) in [7, 11) is 0. The molecule has 0 bridgehead atoms. The maximum Gasteiger partial charge on any atom is 0.270 e. The van der Waals surface area contributed by atoms with Gasteiger partial charge in [0.1, 0.15) is 5.76 Å². The van der Waals surface area contributed by atoms with E-state index < -0.39 is 0 Å². The molecule has 0 spiro atoms. The van der Waals surface area contributed by atoms with Gasteiger partial charge in [0, 0.05) is 6.08 Å². The summed E-state index contributed by atoms with van der Waals surface area (Å²) >= 11 is 0. The van der Waals surface area contributed by atoms with Crippen molar-refractivity contribution >= 4 is 17.9 Å². The number of nitrogens with one attached hydrogen (secondary N) is 1. The zero-order valence-electron chi connectivity index (χ0n) is 9.20. The third-order valence-electron chi connectivity index (χ3n) is 1.91. The first-order chi connectivity index (χ1) is 8.28. The van der Waals surface area contributed by atoms with Crippen LogP contribution in [0.2, 0.25) is 0 Å². The van der Waals surface area contributed by atoms with E-state index in [1.54, 1.807) is 18.2 Å². The van der Waals surface area contributed by atoms with Gasteiger partial charge in [-0.25, -0.2) is 0 Å². The SMILES string of the molecule is CCn1nnc(NC(=O)C=Cc2ccco2)n1. The Balaban J connectivity index is 1.93. The monoisotopic (exact) mass is 233 g/mol. The Labute approximate surface area is 97.1 Å². The van der Waals surface area contributed by atoms with Crippen molar-refractivity contribution in [3.8, 4) is 0 Å². The molecule has 88 valence electrons. The van der Waals surface area contributed by atoms with E-state index in [-0.39, 0.29) is 11.9 Å². The number of furan rings is 1. The van der Waals surface area contributed by atoms with Crippen LogP contribution in [0, 0.1) is 0 Å². The molecule has 0 aliphatic carbocycles. The lowest BCUT2D eigenvalue weighted by Gasteiger charge is -1.92. The molecule has 2 rings (SSSR count). The number of carbonyl (C=O) groups is 1. The van der Waals surface area contributed by atoms with Crippen LogP contribution in [-0.2, 0) is 11.3 Å². The summed E-state index contributed by atoms with van der Waals surface area (Å²) in [6.45, 7) is 2.48. The number of anilines is 1. The van der Waals surface area contributed by atoms with Crippen LogP contribution >= 0.6 is 0 Å². The first-order valence-corrected chi connectivity index (χ1v) is 5.08. The number of aryl methyl sites for hydroxylation is 1. The molecular weight excluding hydrogens is 222 g/mol. The molecule has 0 saturated carbocycles. The van der Waals surface area contributed by atoms with E-state index in [2.05, 4.69) is 20.7 Å². The van der Waals surface area contributed by atoms with Gasteiger partial charge in [0.05, 0.1) is 12.8 Å². The van der Waals surface area contributed by atoms with Crippen molar-refractivity contribution in [3.05, 3.63) is 30.2 Å². The third-order valence-corrected chi connectivity index (χ3v) is 1.91. The molecule has 17 heavy (non-hydrogen) atoms. The lowest BCUT2D eigenvalue weighted by Crippen LogP contribution is -2.09. The van der Waals surface area contributed by atoms with Gasteiger partial charge in [-0.3, -0.25) is 10.1 Å². The van der Waals surface area contributed by atoms with Crippen LogP contribution in [0.4, 0.5) is 5.95 Å². The van der Waals surface area contributed by atoms with E-state index >= 15 is 0 Å². The van der Waals surface area contributed by atoms with Gasteiger partial charge < -0.3 is 4.42 Å². The van der Waals surface area contributed by atoms with E-state index in [1.807, 2.05) is 6.92 Å². The van der Waals surface area contributed by atoms with Crippen LogP contribution in [-0.4, -0.2) is 26.1 Å². The molecule has 1 amide bonds. The van der Waals surface area contributed by atoms with E-state index in [1.165, 1.54) is 17.1 Å². The van der Waals surface area contributed by atoms with Crippen LogP contribution in [0.3, 0.4) is 0 Å². The molecule has 0 saturated heterocycles. The zero-order valence-corrected chi connectivity index (χ0v) is 9.20. The fourth-order valence-electron chi connectivity index (χ4n) is 1.12. The molecule has 0 radical (unpaired) electrons. The fourth-order valence-corrected chi connectivity index (χ4v) is 1.12. The molecule has 0 aliphatic heterocycles. The predicted molar refractivity (Wildman–Crippen MR) is 59.9 cm³/mol. The fraction of sp³-hybridized carbons (Fsp3) is 0.200. The topological polar surface area (TPSA) is 85.8 Å². The Kier molecular flexibility index (Phi) is 3.29. The minimum atomic E-state index is -0.336. The number of aromatic nitrogens is 4. The number of tetrazole rings is 1. The lowest BCUT2D eigenvalue weighted by molar-refractivity contribution is -0.111. The van der Waals surface area contributed by atoms with Gasteiger partial charge in [-0.05, 0) is 30.3 Å². The van der Waals surface area contributed by atoms with Crippen LogP contribution in [0.5, 0.6) is 0 Å². The summed E-state index contributed by atoms with van der Waals surface area (Å²) < 4.78 is 5.04. The number of hydrogen-bond donors (Lipinski definition) is 1.